The van der Waals surface area contributed by atoms with Crippen LogP contribution in [0.2, 0.25) is 0 Å². The summed E-state index contributed by atoms with van der Waals surface area (Å²) in [6.07, 6.45) is 0. The molecule has 0 bridgehead atoms. The van der Waals surface area contributed by atoms with Crippen LogP contribution < -0.4 is 10.6 Å². The van der Waals surface area contributed by atoms with Crippen LogP contribution in [0.15, 0.2) is 54.6 Å². The monoisotopic (exact) mass is 463 g/mol. The third kappa shape index (κ3) is 4.41. The van der Waals surface area contributed by atoms with Gasteiger partial charge in [0.2, 0.25) is 5.91 Å². The zero-order valence-corrected chi connectivity index (χ0v) is 16.0. The second kappa shape index (κ2) is 8.33. The van der Waals surface area contributed by atoms with Crippen molar-refractivity contribution in [2.24, 2.45) is 0 Å². The number of nitrogens with one attached hydrogen (secondary N) is 3. The van der Waals surface area contributed by atoms with Gasteiger partial charge in [-0.15, -0.1) is 0 Å². The van der Waals surface area contributed by atoms with Crippen LogP contribution in [-0.2, 0) is 11.3 Å². The van der Waals surface area contributed by atoms with E-state index in [1.54, 1.807) is 6.07 Å². The molecule has 1 atom stereocenters. The number of rotatable bonds is 6. The van der Waals surface area contributed by atoms with E-state index >= 15 is 0 Å². The number of carbonyl (C=O) groups is 2. The molecular weight excluding hydrogens is 445 g/mol. The Morgan fingerprint density at radius 1 is 1.12 bits per heavy atom. The first-order valence-electron chi connectivity index (χ1n) is 8.08. The molecule has 134 valence electrons. The Morgan fingerprint density at radius 2 is 1.92 bits per heavy atom. The summed E-state index contributed by atoms with van der Waals surface area (Å²) < 4.78 is 1.07. The van der Waals surface area contributed by atoms with E-state index in [1.165, 1.54) is 0 Å². The number of H-pyrrole nitrogens is 1. The molecule has 0 aliphatic carbocycles. The molecule has 0 aliphatic rings. The molecule has 0 fully saturated rings. The van der Waals surface area contributed by atoms with Crippen molar-refractivity contribution in [3.8, 4) is 0 Å². The summed E-state index contributed by atoms with van der Waals surface area (Å²) in [4.78, 5) is 27.6. The summed E-state index contributed by atoms with van der Waals surface area (Å²) in [5.74, 6) is -0.875. The number of aromatic nitrogens is 1. The molecule has 3 aromatic rings. The number of benzene rings is 2. The zero-order chi connectivity index (χ0) is 18.5. The molecule has 1 unspecified atom stereocenters. The maximum absolute atomic E-state index is 12.4. The first-order chi connectivity index (χ1) is 12.6. The number of aromatic amines is 1. The number of carbonyl (C=O) groups excluding carboxylic acids is 2. The number of amides is 2. The molecule has 26 heavy (non-hydrogen) atoms. The summed E-state index contributed by atoms with van der Waals surface area (Å²) in [7, 11) is 0. The Hall–Kier alpha value is -2.39. The molecule has 2 amide bonds. The fourth-order valence-corrected chi connectivity index (χ4v) is 3.19. The molecule has 6 nitrogen and oxygen atoms in total. The Labute approximate surface area is 164 Å². The average Bonchev–Trinajstić information content (AvgIpc) is 3.08. The molecule has 0 saturated heterocycles. The Balaban J connectivity index is 1.62. The molecular formula is C19H18IN3O3. The molecule has 3 rings (SSSR count). The van der Waals surface area contributed by atoms with Crippen LogP contribution in [-0.4, -0.2) is 34.6 Å². The molecule has 0 saturated carbocycles. The lowest BCUT2D eigenvalue weighted by molar-refractivity contribution is -0.124. The smallest absolute Gasteiger partial charge is 0.268 e. The van der Waals surface area contributed by atoms with Crippen molar-refractivity contribution in [2.75, 3.05) is 6.61 Å². The lowest BCUT2D eigenvalue weighted by Gasteiger charge is -2.16. The highest BCUT2D eigenvalue weighted by atomic mass is 127. The number of hydrogen-bond acceptors (Lipinski definition) is 3. The maximum atomic E-state index is 12.4. The average molecular weight is 463 g/mol. The quantitative estimate of drug-likeness (QED) is 0.423. The van der Waals surface area contributed by atoms with Gasteiger partial charge >= 0.3 is 0 Å². The highest BCUT2D eigenvalue weighted by Gasteiger charge is 2.21. The molecule has 1 heterocycles. The zero-order valence-electron chi connectivity index (χ0n) is 13.8. The van der Waals surface area contributed by atoms with Crippen LogP contribution in [0.1, 0.15) is 16.1 Å². The predicted molar refractivity (Wildman–Crippen MR) is 108 cm³/mol. The third-order valence-electron chi connectivity index (χ3n) is 3.93. The predicted octanol–water partition coefficient (Wildman–Crippen LogP) is 2.18. The largest absolute Gasteiger partial charge is 0.394 e. The second-order valence-electron chi connectivity index (χ2n) is 5.83. The van der Waals surface area contributed by atoms with Crippen LogP contribution in [0.4, 0.5) is 0 Å². The van der Waals surface area contributed by atoms with E-state index in [4.69, 9.17) is 0 Å². The van der Waals surface area contributed by atoms with Crippen LogP contribution >= 0.6 is 22.6 Å². The summed E-state index contributed by atoms with van der Waals surface area (Å²) in [6.45, 7) is -0.154. The maximum Gasteiger partial charge on any atom is 0.268 e. The van der Waals surface area contributed by atoms with E-state index in [0.29, 0.717) is 12.2 Å². The van der Waals surface area contributed by atoms with Crippen LogP contribution in [0.3, 0.4) is 0 Å². The van der Waals surface area contributed by atoms with Crippen molar-refractivity contribution < 1.29 is 14.7 Å². The lowest BCUT2D eigenvalue weighted by atomic mass is 10.2. The van der Waals surface area contributed by atoms with Gasteiger partial charge in [-0.1, -0.05) is 30.3 Å². The van der Waals surface area contributed by atoms with Gasteiger partial charge < -0.3 is 20.7 Å². The SMILES string of the molecule is O=C(NC(CO)C(=O)NCc1cccc(I)c1)c1cc2ccccc2[nH]1. The van der Waals surface area contributed by atoms with Crippen LogP contribution in [0.25, 0.3) is 10.9 Å². The topological polar surface area (TPSA) is 94.2 Å². The van der Waals surface area contributed by atoms with Gasteiger partial charge in [-0.05, 0) is 52.4 Å². The Bertz CT molecular complexity index is 905. The van der Waals surface area contributed by atoms with Gasteiger partial charge in [0.05, 0.1) is 6.61 Å². The molecule has 0 radical (unpaired) electrons. The Kier molecular flexibility index (Phi) is 5.89. The fraction of sp³-hybridized carbons (Fsp3) is 0.158. The summed E-state index contributed by atoms with van der Waals surface area (Å²) >= 11 is 2.20. The second-order valence-corrected chi connectivity index (χ2v) is 7.07. The van der Waals surface area contributed by atoms with E-state index in [0.717, 1.165) is 20.0 Å². The van der Waals surface area contributed by atoms with E-state index in [1.807, 2.05) is 48.5 Å². The molecule has 4 N–H and O–H groups in total. The number of fused-ring (bicyclic) bond motifs is 1. The molecule has 0 spiro atoms. The van der Waals surface area contributed by atoms with Gasteiger partial charge in [0.25, 0.3) is 5.91 Å². The van der Waals surface area contributed by atoms with E-state index in [2.05, 4.69) is 38.2 Å². The number of para-hydroxylation sites is 1. The first kappa shape index (κ1) is 18.4. The van der Waals surface area contributed by atoms with Gasteiger partial charge in [0, 0.05) is 21.0 Å². The summed E-state index contributed by atoms with van der Waals surface area (Å²) in [6, 6.07) is 15.9. The van der Waals surface area contributed by atoms with Crippen molar-refractivity contribution >= 4 is 45.3 Å². The van der Waals surface area contributed by atoms with E-state index in [9.17, 15) is 14.7 Å². The minimum Gasteiger partial charge on any atom is -0.394 e. The van der Waals surface area contributed by atoms with Crippen molar-refractivity contribution in [1.82, 2.24) is 15.6 Å². The van der Waals surface area contributed by atoms with Crippen molar-refractivity contribution in [2.45, 2.75) is 12.6 Å². The summed E-state index contributed by atoms with van der Waals surface area (Å²) in [5, 5.41) is 15.7. The highest BCUT2D eigenvalue weighted by molar-refractivity contribution is 14.1. The Morgan fingerprint density at radius 3 is 2.65 bits per heavy atom. The van der Waals surface area contributed by atoms with E-state index in [-0.39, 0.29) is 0 Å². The van der Waals surface area contributed by atoms with Gasteiger partial charge in [0.1, 0.15) is 11.7 Å². The third-order valence-corrected chi connectivity index (χ3v) is 4.61. The van der Waals surface area contributed by atoms with Crippen molar-refractivity contribution in [3.63, 3.8) is 0 Å². The van der Waals surface area contributed by atoms with Gasteiger partial charge in [-0.3, -0.25) is 9.59 Å². The normalized spacial score (nSPS) is 11.9. The van der Waals surface area contributed by atoms with Gasteiger partial charge in [-0.25, -0.2) is 0 Å². The van der Waals surface area contributed by atoms with Crippen LogP contribution in [0, 0.1) is 3.57 Å². The molecule has 7 heteroatoms. The first-order valence-corrected chi connectivity index (χ1v) is 9.16. The number of halogens is 1. The minimum atomic E-state index is -1.02. The number of hydrogen-bond donors (Lipinski definition) is 4. The van der Waals surface area contributed by atoms with Crippen molar-refractivity contribution in [3.05, 3.63) is 69.4 Å². The molecule has 0 aliphatic heterocycles. The molecule has 2 aromatic carbocycles. The van der Waals surface area contributed by atoms with Crippen molar-refractivity contribution in [1.29, 1.82) is 0 Å². The minimum absolute atomic E-state index is 0.328. The number of aliphatic hydroxyl groups is 1. The van der Waals surface area contributed by atoms with E-state index < -0.39 is 24.5 Å². The lowest BCUT2D eigenvalue weighted by Crippen LogP contribution is -2.48. The van der Waals surface area contributed by atoms with Crippen LogP contribution in [0.5, 0.6) is 0 Å². The highest BCUT2D eigenvalue weighted by Crippen LogP contribution is 2.14. The fourth-order valence-electron chi connectivity index (χ4n) is 2.59. The summed E-state index contributed by atoms with van der Waals surface area (Å²) in [5.41, 5.74) is 2.13. The standard InChI is InChI=1S/C19H18IN3O3/c20-14-6-3-4-12(8-14)10-21-18(25)17(11-24)23-19(26)16-9-13-5-1-2-7-15(13)22-16/h1-9,17,22,24H,10-11H2,(H,21,25)(H,23,26). The van der Waals surface area contributed by atoms with Gasteiger partial charge in [-0.2, -0.15) is 0 Å². The molecule has 1 aromatic heterocycles. The van der Waals surface area contributed by atoms with Gasteiger partial charge in [0.15, 0.2) is 0 Å². The number of aliphatic hydroxyl groups excluding tert-OH is 1.